The molecule has 9 nitrogen and oxygen atoms in total. The van der Waals surface area contributed by atoms with Crippen LogP contribution in [0.25, 0.3) is 10.9 Å². The van der Waals surface area contributed by atoms with Crippen LogP contribution >= 0.6 is 0 Å². The molecule has 9 heteroatoms. The average molecular weight is 481 g/mol. The van der Waals surface area contributed by atoms with Crippen molar-refractivity contribution < 1.29 is 9.47 Å². The van der Waals surface area contributed by atoms with E-state index in [0.717, 1.165) is 79.7 Å². The summed E-state index contributed by atoms with van der Waals surface area (Å²) in [7, 11) is 0. The van der Waals surface area contributed by atoms with Gasteiger partial charge in [0.2, 0.25) is 0 Å². The number of pyridine rings is 1. The Morgan fingerprint density at radius 3 is 2.63 bits per heavy atom. The molecule has 2 fully saturated rings. The lowest BCUT2D eigenvalue weighted by atomic mass is 10.0. The molecule has 4 heterocycles. The fourth-order valence-corrected chi connectivity index (χ4v) is 5.59. The highest BCUT2D eigenvalue weighted by Crippen LogP contribution is 2.28. The van der Waals surface area contributed by atoms with Crippen LogP contribution in [0.1, 0.15) is 67.6 Å². The maximum atomic E-state index is 13.2. The molecule has 0 aliphatic carbocycles. The highest BCUT2D eigenvalue weighted by atomic mass is 16.5. The fraction of sp³-hybridized carbons (Fsp3) is 0.615. The molecule has 0 saturated carbocycles. The van der Waals surface area contributed by atoms with Gasteiger partial charge in [-0.1, -0.05) is 18.6 Å². The molecule has 0 amide bonds. The molecular formula is C26H36N6O3. The van der Waals surface area contributed by atoms with Gasteiger partial charge < -0.3 is 14.5 Å². The summed E-state index contributed by atoms with van der Waals surface area (Å²) in [5.74, 6) is 0.824. The monoisotopic (exact) mass is 480 g/mol. The summed E-state index contributed by atoms with van der Waals surface area (Å²) >= 11 is 0. The molecule has 5 rings (SSSR count). The van der Waals surface area contributed by atoms with E-state index in [0.29, 0.717) is 13.1 Å². The van der Waals surface area contributed by atoms with Crippen molar-refractivity contribution in [2.24, 2.45) is 0 Å². The van der Waals surface area contributed by atoms with Crippen molar-refractivity contribution in [1.29, 1.82) is 0 Å². The zero-order valence-corrected chi connectivity index (χ0v) is 21.0. The van der Waals surface area contributed by atoms with E-state index >= 15 is 0 Å². The summed E-state index contributed by atoms with van der Waals surface area (Å²) in [5.41, 5.74) is 3.87. The molecule has 1 N–H and O–H groups in total. The summed E-state index contributed by atoms with van der Waals surface area (Å²) < 4.78 is 13.7. The molecule has 2 aliphatic heterocycles. The average Bonchev–Trinajstić information content (AvgIpc) is 3.60. The summed E-state index contributed by atoms with van der Waals surface area (Å²) in [4.78, 5) is 18.6. The molecule has 2 aliphatic rings. The third kappa shape index (κ3) is 5.32. The lowest BCUT2D eigenvalue weighted by Crippen LogP contribution is -2.38. The Bertz CT molecular complexity index is 1210. The second kappa shape index (κ2) is 10.6. The number of benzene rings is 1. The van der Waals surface area contributed by atoms with Crippen molar-refractivity contribution in [3.8, 4) is 0 Å². The maximum absolute atomic E-state index is 13.2. The lowest BCUT2D eigenvalue weighted by Gasteiger charge is -2.32. The van der Waals surface area contributed by atoms with Crippen LogP contribution in [-0.4, -0.2) is 62.1 Å². The minimum Gasteiger partial charge on any atom is -0.377 e. The third-order valence-corrected chi connectivity index (χ3v) is 7.29. The Hall–Kier alpha value is -2.62. The molecule has 2 aromatic heterocycles. The number of nitrogens with one attached hydrogen (secondary N) is 1. The van der Waals surface area contributed by atoms with Gasteiger partial charge in [0.25, 0.3) is 5.56 Å². The van der Waals surface area contributed by atoms with Gasteiger partial charge in [-0.25, -0.2) is 4.68 Å². The van der Waals surface area contributed by atoms with Gasteiger partial charge in [-0.2, -0.15) is 0 Å². The second-order valence-corrected chi connectivity index (χ2v) is 10.0. The smallest absolute Gasteiger partial charge is 0.252 e. The number of nitrogens with zero attached hydrogens (tertiary/aromatic N) is 5. The molecule has 3 atom stereocenters. The van der Waals surface area contributed by atoms with Crippen LogP contribution in [0.5, 0.6) is 0 Å². The van der Waals surface area contributed by atoms with Crippen LogP contribution in [-0.2, 0) is 22.6 Å². The van der Waals surface area contributed by atoms with Gasteiger partial charge in [0.05, 0.1) is 30.3 Å². The highest BCUT2D eigenvalue weighted by molar-refractivity contribution is 5.82. The van der Waals surface area contributed by atoms with Gasteiger partial charge in [0.15, 0.2) is 5.82 Å². The molecule has 3 aromatic rings. The van der Waals surface area contributed by atoms with E-state index in [4.69, 9.17) is 9.47 Å². The zero-order valence-electron chi connectivity index (χ0n) is 21.0. The number of H-pyrrole nitrogens is 1. The molecule has 2 saturated heterocycles. The van der Waals surface area contributed by atoms with Crippen LogP contribution in [0.4, 0.5) is 0 Å². The number of hydrogen-bond donors (Lipinski definition) is 1. The molecule has 188 valence electrons. The maximum Gasteiger partial charge on any atom is 0.252 e. The predicted octanol–water partition coefficient (Wildman–Crippen LogP) is 3.44. The molecular weight excluding hydrogens is 444 g/mol. The Balaban J connectivity index is 1.47. The molecule has 35 heavy (non-hydrogen) atoms. The number of aromatic nitrogens is 5. The van der Waals surface area contributed by atoms with E-state index in [1.807, 2.05) is 17.7 Å². The number of fused-ring (bicyclic) bond motifs is 1. The van der Waals surface area contributed by atoms with Crippen molar-refractivity contribution in [1.82, 2.24) is 30.1 Å². The zero-order chi connectivity index (χ0) is 24.4. The quantitative estimate of drug-likeness (QED) is 0.501. The third-order valence-electron chi connectivity index (χ3n) is 7.29. The first-order valence-electron chi connectivity index (χ1n) is 12.9. The van der Waals surface area contributed by atoms with E-state index < -0.39 is 0 Å². The van der Waals surface area contributed by atoms with Crippen LogP contribution in [0.15, 0.2) is 23.0 Å². The molecule has 0 bridgehead atoms. The van der Waals surface area contributed by atoms with E-state index in [1.54, 1.807) is 0 Å². The van der Waals surface area contributed by atoms with Gasteiger partial charge in [0, 0.05) is 31.9 Å². The lowest BCUT2D eigenvalue weighted by molar-refractivity contribution is 0.0470. The Kier molecular flexibility index (Phi) is 7.27. The number of aromatic amines is 1. The van der Waals surface area contributed by atoms with Gasteiger partial charge in [-0.3, -0.25) is 9.69 Å². The SMILES string of the molecule is CC[C@H](c1nnnn1C[C@@H]1CCCO1)N(Cc1cc2cc(C)cc(C)c2[nH]c1=O)C[C@@H]1CCCO1. The number of tetrazole rings is 1. The van der Waals surface area contributed by atoms with E-state index in [9.17, 15) is 4.79 Å². The first-order valence-corrected chi connectivity index (χ1v) is 12.9. The number of ether oxygens (including phenoxy) is 2. The number of aryl methyl sites for hydroxylation is 2. The van der Waals surface area contributed by atoms with Gasteiger partial charge in [-0.05, 0) is 79.5 Å². The first-order chi connectivity index (χ1) is 17.0. The number of rotatable bonds is 9. The van der Waals surface area contributed by atoms with E-state index in [2.05, 4.69) is 51.4 Å². The summed E-state index contributed by atoms with van der Waals surface area (Å²) in [5, 5.41) is 13.8. The van der Waals surface area contributed by atoms with Crippen molar-refractivity contribution in [2.75, 3.05) is 19.8 Å². The van der Waals surface area contributed by atoms with Crippen molar-refractivity contribution in [3.63, 3.8) is 0 Å². The van der Waals surface area contributed by atoms with Crippen LogP contribution < -0.4 is 5.56 Å². The van der Waals surface area contributed by atoms with Crippen LogP contribution in [0.3, 0.4) is 0 Å². The summed E-state index contributed by atoms with van der Waals surface area (Å²) in [6.07, 6.45) is 5.32. The van der Waals surface area contributed by atoms with Gasteiger partial charge >= 0.3 is 0 Å². The van der Waals surface area contributed by atoms with Crippen LogP contribution in [0, 0.1) is 13.8 Å². The fourth-order valence-electron chi connectivity index (χ4n) is 5.59. The Morgan fingerprint density at radius 1 is 1.14 bits per heavy atom. The summed E-state index contributed by atoms with van der Waals surface area (Å²) in [6, 6.07) is 6.23. The first kappa shape index (κ1) is 24.1. The molecule has 0 unspecified atom stereocenters. The van der Waals surface area contributed by atoms with Crippen molar-refractivity contribution in [3.05, 3.63) is 51.1 Å². The highest BCUT2D eigenvalue weighted by Gasteiger charge is 2.30. The topological polar surface area (TPSA) is 98.2 Å². The Morgan fingerprint density at radius 2 is 1.91 bits per heavy atom. The molecule has 0 radical (unpaired) electrons. The van der Waals surface area contributed by atoms with E-state index in [1.165, 1.54) is 5.56 Å². The second-order valence-electron chi connectivity index (χ2n) is 10.0. The minimum absolute atomic E-state index is 0.0371. The molecule has 1 aromatic carbocycles. The van der Waals surface area contributed by atoms with Crippen molar-refractivity contribution >= 4 is 10.9 Å². The Labute approximate surface area is 205 Å². The minimum atomic E-state index is -0.0457. The van der Waals surface area contributed by atoms with Crippen molar-refractivity contribution in [2.45, 2.75) is 84.2 Å². The van der Waals surface area contributed by atoms with Gasteiger partial charge in [0.1, 0.15) is 0 Å². The number of hydrogen-bond acceptors (Lipinski definition) is 7. The summed E-state index contributed by atoms with van der Waals surface area (Å²) in [6.45, 7) is 9.75. The largest absolute Gasteiger partial charge is 0.377 e. The molecule has 0 spiro atoms. The van der Waals surface area contributed by atoms with Gasteiger partial charge in [-0.15, -0.1) is 5.10 Å². The predicted molar refractivity (Wildman–Crippen MR) is 133 cm³/mol. The van der Waals surface area contributed by atoms with Crippen LogP contribution in [0.2, 0.25) is 0 Å². The standard InChI is InChI=1S/C26H36N6O3/c1-4-23(25-28-29-30-32(25)16-22-8-6-10-35-22)31(15-21-7-5-9-34-21)14-20-13-19-12-17(2)11-18(3)24(19)27-26(20)33/h11-13,21-23H,4-10,14-16H2,1-3H3,(H,27,33)/t21-,22-,23+/m0/s1. The normalized spacial score (nSPS) is 21.4. The van der Waals surface area contributed by atoms with E-state index in [-0.39, 0.29) is 23.8 Å².